The number of para-hydroxylation sites is 1. The summed E-state index contributed by atoms with van der Waals surface area (Å²) in [5.74, 6) is 0.989. The Morgan fingerprint density at radius 2 is 1.63 bits per heavy atom. The number of hydrogen-bond donors (Lipinski definition) is 1. The van der Waals surface area contributed by atoms with Crippen LogP contribution in [0.1, 0.15) is 5.56 Å². The lowest BCUT2D eigenvalue weighted by Crippen LogP contribution is -2.33. The highest BCUT2D eigenvalue weighted by atomic mass is 32.2. The number of aromatic nitrogens is 1. The number of thioether (sulfide) groups is 1. The van der Waals surface area contributed by atoms with Crippen LogP contribution in [-0.4, -0.2) is 29.4 Å². The third-order valence-electron chi connectivity index (χ3n) is 5.10. The maximum Gasteiger partial charge on any atom is 0.323 e. The molecule has 0 saturated heterocycles. The molecule has 0 amide bonds. The second-order valence-electron chi connectivity index (χ2n) is 7.13. The number of benzene rings is 3. The van der Waals surface area contributed by atoms with Gasteiger partial charge in [-0.2, -0.15) is 11.8 Å². The fraction of sp³-hybridized carbons (Fsp3) is 0.160. The molecule has 4 rings (SSSR count). The lowest BCUT2D eigenvalue weighted by molar-refractivity contribution is -0.141. The molecule has 3 aromatic carbocycles. The minimum absolute atomic E-state index is 0.366. The van der Waals surface area contributed by atoms with E-state index in [4.69, 9.17) is 5.73 Å². The average molecular weight is 417 g/mol. The molecular weight excluding hydrogens is 392 g/mol. The number of nitrogens with two attached hydrogens (primary N) is 1. The predicted molar refractivity (Wildman–Crippen MR) is 125 cm³/mol. The van der Waals surface area contributed by atoms with E-state index in [1.165, 1.54) is 34.7 Å². The summed E-state index contributed by atoms with van der Waals surface area (Å²) < 4.78 is 6.86. The zero-order chi connectivity index (χ0) is 20.9. The molecule has 0 fully saturated rings. The first-order valence-corrected chi connectivity index (χ1v) is 11.0. The van der Waals surface area contributed by atoms with Crippen molar-refractivity contribution in [1.29, 1.82) is 0 Å². The average Bonchev–Trinajstić information content (AvgIpc) is 3.23. The Bertz CT molecular complexity index is 1130. The summed E-state index contributed by atoms with van der Waals surface area (Å²) in [6, 6.07) is 27.1. The van der Waals surface area contributed by atoms with Crippen LogP contribution in [0.2, 0.25) is 0 Å². The predicted octanol–water partition coefficient (Wildman–Crippen LogP) is 5.03. The summed E-state index contributed by atoms with van der Waals surface area (Å²) in [5.41, 5.74) is 11.7. The Labute approximate surface area is 180 Å². The van der Waals surface area contributed by atoms with Gasteiger partial charge in [0.2, 0.25) is 0 Å². The molecule has 0 bridgehead atoms. The van der Waals surface area contributed by atoms with Crippen LogP contribution in [0.15, 0.2) is 85.1 Å². The summed E-state index contributed by atoms with van der Waals surface area (Å²) in [6.45, 7) is 0. The molecule has 4 nitrogen and oxygen atoms in total. The van der Waals surface area contributed by atoms with Crippen LogP contribution in [0, 0.1) is 0 Å². The standard InChI is InChI=1S/C25H24N2O2S/c1-29-25(28)23(26)17-30-16-18-6-8-19(9-7-18)20-10-12-22(13-11-20)27-15-14-21-4-2-3-5-24(21)27/h2-15,23H,16-17,26H2,1H3/t23-/m0/s1. The molecule has 1 heterocycles. The van der Waals surface area contributed by atoms with Gasteiger partial charge in [0.15, 0.2) is 0 Å². The van der Waals surface area contributed by atoms with Crippen molar-refractivity contribution in [3.63, 3.8) is 0 Å². The quantitative estimate of drug-likeness (QED) is 0.429. The fourth-order valence-corrected chi connectivity index (χ4v) is 4.38. The van der Waals surface area contributed by atoms with Gasteiger partial charge in [-0.25, -0.2) is 0 Å². The Balaban J connectivity index is 1.41. The Morgan fingerprint density at radius 3 is 2.33 bits per heavy atom. The van der Waals surface area contributed by atoms with Crippen molar-refractivity contribution in [2.45, 2.75) is 11.8 Å². The van der Waals surface area contributed by atoms with Crippen molar-refractivity contribution in [2.24, 2.45) is 5.73 Å². The minimum atomic E-state index is -0.574. The number of rotatable bonds is 7. The van der Waals surface area contributed by atoms with Gasteiger partial charge in [-0.3, -0.25) is 4.79 Å². The van der Waals surface area contributed by atoms with Crippen molar-refractivity contribution in [3.8, 4) is 16.8 Å². The first-order valence-electron chi connectivity index (χ1n) is 9.83. The molecule has 152 valence electrons. The lowest BCUT2D eigenvalue weighted by Gasteiger charge is -2.10. The van der Waals surface area contributed by atoms with E-state index in [0.717, 1.165) is 11.4 Å². The van der Waals surface area contributed by atoms with E-state index in [1.54, 1.807) is 11.8 Å². The summed E-state index contributed by atoms with van der Waals surface area (Å²) in [4.78, 5) is 11.4. The first-order chi connectivity index (χ1) is 14.7. The molecule has 0 unspecified atom stereocenters. The highest BCUT2D eigenvalue weighted by Gasteiger charge is 2.13. The maximum absolute atomic E-state index is 11.4. The van der Waals surface area contributed by atoms with Crippen molar-refractivity contribution in [2.75, 3.05) is 12.9 Å². The number of methoxy groups -OCH3 is 1. The van der Waals surface area contributed by atoms with E-state index in [2.05, 4.69) is 94.4 Å². The van der Waals surface area contributed by atoms with Crippen LogP contribution < -0.4 is 5.73 Å². The first kappa shape index (κ1) is 20.3. The van der Waals surface area contributed by atoms with Gasteiger partial charge in [-0.1, -0.05) is 54.6 Å². The van der Waals surface area contributed by atoms with Crippen LogP contribution in [0.4, 0.5) is 0 Å². The SMILES string of the molecule is COC(=O)[C@@H](N)CSCc1ccc(-c2ccc(-n3ccc4ccccc43)cc2)cc1. The number of fused-ring (bicyclic) bond motifs is 1. The van der Waals surface area contributed by atoms with Crippen LogP contribution in [-0.2, 0) is 15.3 Å². The third-order valence-corrected chi connectivity index (χ3v) is 6.23. The molecule has 30 heavy (non-hydrogen) atoms. The zero-order valence-electron chi connectivity index (χ0n) is 16.8. The van der Waals surface area contributed by atoms with E-state index in [0.29, 0.717) is 5.75 Å². The van der Waals surface area contributed by atoms with E-state index in [1.807, 2.05) is 0 Å². The van der Waals surface area contributed by atoms with Crippen molar-refractivity contribution >= 4 is 28.6 Å². The van der Waals surface area contributed by atoms with Crippen LogP contribution in [0.3, 0.4) is 0 Å². The third kappa shape index (κ3) is 4.42. The second kappa shape index (κ2) is 9.20. The second-order valence-corrected chi connectivity index (χ2v) is 8.16. The Hall–Kier alpha value is -3.02. The molecule has 1 aromatic heterocycles. The normalized spacial score (nSPS) is 12.1. The van der Waals surface area contributed by atoms with Gasteiger partial charge < -0.3 is 15.0 Å². The Kier molecular flexibility index (Phi) is 6.21. The molecule has 4 aromatic rings. The summed E-state index contributed by atoms with van der Waals surface area (Å²) in [7, 11) is 1.36. The smallest absolute Gasteiger partial charge is 0.323 e. The molecule has 1 atom stereocenters. The number of carbonyl (C=O) groups excluding carboxylic acids is 1. The van der Waals surface area contributed by atoms with Gasteiger partial charge in [0.25, 0.3) is 0 Å². The number of nitrogens with zero attached hydrogens (tertiary/aromatic N) is 1. The lowest BCUT2D eigenvalue weighted by atomic mass is 10.0. The molecule has 2 N–H and O–H groups in total. The van der Waals surface area contributed by atoms with Crippen molar-refractivity contribution in [3.05, 3.63) is 90.6 Å². The largest absolute Gasteiger partial charge is 0.468 e. The molecular formula is C25H24N2O2S. The van der Waals surface area contributed by atoms with E-state index in [-0.39, 0.29) is 5.97 Å². The van der Waals surface area contributed by atoms with E-state index < -0.39 is 6.04 Å². The molecule has 0 saturated carbocycles. The summed E-state index contributed by atoms with van der Waals surface area (Å²) in [6.07, 6.45) is 2.11. The molecule has 0 aliphatic rings. The van der Waals surface area contributed by atoms with Crippen LogP contribution >= 0.6 is 11.8 Å². The number of ether oxygens (including phenoxy) is 1. The fourth-order valence-electron chi connectivity index (χ4n) is 3.44. The monoisotopic (exact) mass is 416 g/mol. The molecule has 0 radical (unpaired) electrons. The van der Waals surface area contributed by atoms with Crippen LogP contribution in [0.5, 0.6) is 0 Å². The van der Waals surface area contributed by atoms with Gasteiger partial charge in [0.05, 0.1) is 12.6 Å². The zero-order valence-corrected chi connectivity index (χ0v) is 17.6. The molecule has 0 aliphatic carbocycles. The topological polar surface area (TPSA) is 57.2 Å². The molecule has 0 aliphatic heterocycles. The summed E-state index contributed by atoms with van der Waals surface area (Å²) >= 11 is 1.63. The van der Waals surface area contributed by atoms with Gasteiger partial charge in [0, 0.05) is 23.4 Å². The van der Waals surface area contributed by atoms with E-state index in [9.17, 15) is 4.79 Å². The minimum Gasteiger partial charge on any atom is -0.468 e. The van der Waals surface area contributed by atoms with Gasteiger partial charge in [-0.15, -0.1) is 0 Å². The molecule has 0 spiro atoms. The number of carbonyl (C=O) groups is 1. The maximum atomic E-state index is 11.4. The number of esters is 1. The highest BCUT2D eigenvalue weighted by Crippen LogP contribution is 2.25. The van der Waals surface area contributed by atoms with Crippen molar-refractivity contribution < 1.29 is 9.53 Å². The van der Waals surface area contributed by atoms with Gasteiger partial charge in [0.1, 0.15) is 6.04 Å². The Morgan fingerprint density at radius 1 is 0.967 bits per heavy atom. The molecule has 5 heteroatoms. The van der Waals surface area contributed by atoms with Crippen molar-refractivity contribution in [1.82, 2.24) is 4.57 Å². The van der Waals surface area contributed by atoms with Gasteiger partial charge in [-0.05, 0) is 46.3 Å². The van der Waals surface area contributed by atoms with E-state index >= 15 is 0 Å². The van der Waals surface area contributed by atoms with Crippen LogP contribution in [0.25, 0.3) is 27.7 Å². The highest BCUT2D eigenvalue weighted by molar-refractivity contribution is 7.98. The summed E-state index contributed by atoms with van der Waals surface area (Å²) in [5, 5.41) is 1.24. The van der Waals surface area contributed by atoms with Gasteiger partial charge >= 0.3 is 5.97 Å². The number of hydrogen-bond acceptors (Lipinski definition) is 4.